The molecule has 0 spiro atoms. The molecule has 0 aliphatic rings. The fraction of sp³-hybridized carbons (Fsp3) is 0.174. The minimum Gasteiger partial charge on any atom is -0.420 e. The van der Waals surface area contributed by atoms with Crippen LogP contribution in [0, 0.1) is 6.57 Å². The van der Waals surface area contributed by atoms with Crippen LogP contribution in [-0.2, 0) is 6.42 Å². The quantitative estimate of drug-likeness (QED) is 0.494. The molecule has 0 amide bonds. The number of rotatable bonds is 5. The fourth-order valence-electron chi connectivity index (χ4n) is 3.40. The lowest BCUT2D eigenvalue weighted by Crippen LogP contribution is -2.18. The Labute approximate surface area is 163 Å². The summed E-state index contributed by atoms with van der Waals surface area (Å²) in [5.74, 6) is 0.508. The van der Waals surface area contributed by atoms with E-state index in [0.29, 0.717) is 23.9 Å². The monoisotopic (exact) mass is 369 g/mol. The molecule has 3 aromatic carbocycles. The summed E-state index contributed by atoms with van der Waals surface area (Å²) in [6.07, 6.45) is -0.129. The maximum atomic E-state index is 10.4. The number of aromatic nitrogens is 2. The van der Waals surface area contributed by atoms with E-state index in [1.807, 2.05) is 66.7 Å². The van der Waals surface area contributed by atoms with Crippen molar-refractivity contribution >= 4 is 16.5 Å². The van der Waals surface area contributed by atoms with E-state index in [1.165, 1.54) is 0 Å². The molecule has 1 aromatic heterocycles. The molecule has 0 saturated heterocycles. The summed E-state index contributed by atoms with van der Waals surface area (Å²) in [4.78, 5) is 3.61. The molecule has 28 heavy (non-hydrogen) atoms. The van der Waals surface area contributed by atoms with E-state index < -0.39 is 6.10 Å². The Morgan fingerprint density at radius 2 is 1.68 bits per heavy atom. The van der Waals surface area contributed by atoms with Crippen LogP contribution >= 0.6 is 0 Å². The van der Waals surface area contributed by atoms with Crippen LogP contribution in [0.2, 0.25) is 0 Å². The third-order valence-corrected chi connectivity index (χ3v) is 4.91. The Hall–Kier alpha value is -3.49. The van der Waals surface area contributed by atoms with Crippen molar-refractivity contribution in [3.63, 3.8) is 0 Å². The van der Waals surface area contributed by atoms with Gasteiger partial charge in [-0.2, -0.15) is 0 Å². The normalized spacial score (nSPS) is 13.2. The van der Waals surface area contributed by atoms with E-state index >= 15 is 0 Å². The summed E-state index contributed by atoms with van der Waals surface area (Å²) in [5, 5.41) is 20.7. The Kier molecular flexibility index (Phi) is 4.88. The highest BCUT2D eigenvalue weighted by molar-refractivity contribution is 5.96. The van der Waals surface area contributed by atoms with Crippen LogP contribution in [0.3, 0.4) is 0 Å². The maximum absolute atomic E-state index is 10.4. The van der Waals surface area contributed by atoms with Gasteiger partial charge in [-0.25, -0.2) is 4.85 Å². The van der Waals surface area contributed by atoms with Crippen LogP contribution in [0.15, 0.2) is 71.1 Å². The van der Waals surface area contributed by atoms with Crippen molar-refractivity contribution in [1.82, 2.24) is 10.2 Å². The van der Waals surface area contributed by atoms with Gasteiger partial charge in [0.25, 0.3) is 0 Å². The van der Waals surface area contributed by atoms with E-state index in [2.05, 4.69) is 15.0 Å². The number of fused-ring (bicyclic) bond motifs is 1. The molecule has 0 aliphatic carbocycles. The van der Waals surface area contributed by atoms with Gasteiger partial charge in [-0.15, -0.1) is 10.2 Å². The van der Waals surface area contributed by atoms with Crippen LogP contribution in [0.4, 0.5) is 5.69 Å². The topological polar surface area (TPSA) is 63.5 Å². The second-order valence-electron chi connectivity index (χ2n) is 6.76. The largest absolute Gasteiger partial charge is 0.420 e. The Balaban J connectivity index is 1.71. The molecule has 0 aliphatic heterocycles. The molecule has 0 fully saturated rings. The molecule has 0 bridgehead atoms. The second kappa shape index (κ2) is 7.63. The predicted molar refractivity (Wildman–Crippen MR) is 108 cm³/mol. The zero-order valence-corrected chi connectivity index (χ0v) is 15.4. The molecule has 2 atom stereocenters. The molecular weight excluding hydrogens is 350 g/mol. The predicted octanol–water partition coefficient (Wildman–Crippen LogP) is 5.15. The van der Waals surface area contributed by atoms with Gasteiger partial charge in [0.2, 0.25) is 11.8 Å². The minimum atomic E-state index is -0.664. The first-order chi connectivity index (χ1) is 13.7. The molecule has 138 valence electrons. The van der Waals surface area contributed by atoms with Gasteiger partial charge in [-0.1, -0.05) is 54.6 Å². The Bertz CT molecular complexity index is 1140. The second-order valence-corrected chi connectivity index (χ2v) is 6.76. The molecule has 0 radical (unpaired) electrons. The number of hydrogen-bond acceptors (Lipinski definition) is 4. The van der Waals surface area contributed by atoms with Crippen molar-refractivity contribution in [1.29, 1.82) is 0 Å². The molecule has 0 unspecified atom stereocenters. The van der Waals surface area contributed by atoms with Gasteiger partial charge in [0.15, 0.2) is 5.69 Å². The lowest BCUT2D eigenvalue weighted by molar-refractivity contribution is 0.148. The average molecular weight is 369 g/mol. The zero-order valence-electron chi connectivity index (χ0n) is 15.4. The third kappa shape index (κ3) is 3.38. The Morgan fingerprint density at radius 3 is 2.39 bits per heavy atom. The summed E-state index contributed by atoms with van der Waals surface area (Å²) in [5.41, 5.74) is 2.50. The van der Waals surface area contributed by atoms with Crippen molar-refractivity contribution < 1.29 is 9.52 Å². The number of hydrogen-bond donors (Lipinski definition) is 1. The first kappa shape index (κ1) is 17.9. The van der Waals surface area contributed by atoms with Crippen molar-refractivity contribution in [2.45, 2.75) is 25.4 Å². The molecule has 5 heteroatoms. The van der Waals surface area contributed by atoms with Crippen LogP contribution in [0.5, 0.6) is 0 Å². The lowest BCUT2D eigenvalue weighted by Gasteiger charge is -2.17. The van der Waals surface area contributed by atoms with Gasteiger partial charge in [0.1, 0.15) is 0 Å². The van der Waals surface area contributed by atoms with Gasteiger partial charge in [0, 0.05) is 5.56 Å². The van der Waals surface area contributed by atoms with E-state index in [0.717, 1.165) is 21.9 Å². The lowest BCUT2D eigenvalue weighted by atomic mass is 9.91. The first-order valence-corrected chi connectivity index (χ1v) is 9.12. The summed E-state index contributed by atoms with van der Waals surface area (Å²) in [6.45, 7) is 9.11. The standard InChI is InChI=1S/C23H19N3O2/c1-15(27)20(23-26-25-22(28-23)16-8-4-3-5-9-16)14-17-12-13-21(24-2)19-11-7-6-10-18(17)19/h3-13,15,20,27H,14H2,1H3/t15-,20+/m0/s1. The first-order valence-electron chi connectivity index (χ1n) is 9.12. The highest BCUT2D eigenvalue weighted by Crippen LogP contribution is 2.33. The van der Waals surface area contributed by atoms with Gasteiger partial charge in [-0.3, -0.25) is 0 Å². The molecule has 0 saturated carbocycles. The number of benzene rings is 3. The van der Waals surface area contributed by atoms with Crippen LogP contribution in [0.25, 0.3) is 27.1 Å². The van der Waals surface area contributed by atoms with Crippen LogP contribution in [0.1, 0.15) is 24.3 Å². The average Bonchev–Trinajstić information content (AvgIpc) is 3.22. The zero-order chi connectivity index (χ0) is 19.5. The molecular formula is C23H19N3O2. The summed E-state index contributed by atoms with van der Waals surface area (Å²) in [7, 11) is 0. The van der Waals surface area contributed by atoms with E-state index in [4.69, 9.17) is 11.0 Å². The fourth-order valence-corrected chi connectivity index (χ4v) is 3.40. The van der Waals surface area contributed by atoms with Crippen molar-refractivity contribution in [2.75, 3.05) is 0 Å². The van der Waals surface area contributed by atoms with Crippen LogP contribution in [-0.4, -0.2) is 21.4 Å². The van der Waals surface area contributed by atoms with Crippen molar-refractivity contribution in [3.8, 4) is 11.5 Å². The SMILES string of the molecule is [C-]#[N+]c1ccc(C[C@@H](c2nnc(-c3ccccc3)o2)[C@H](C)O)c2ccccc12. The molecule has 1 N–H and O–H groups in total. The van der Waals surface area contributed by atoms with Gasteiger partial charge < -0.3 is 9.52 Å². The molecule has 1 heterocycles. The Morgan fingerprint density at radius 1 is 0.964 bits per heavy atom. The molecule has 4 aromatic rings. The molecule has 4 rings (SSSR count). The van der Waals surface area contributed by atoms with E-state index in [-0.39, 0.29) is 5.92 Å². The summed E-state index contributed by atoms with van der Waals surface area (Å²) < 4.78 is 5.89. The highest BCUT2D eigenvalue weighted by atomic mass is 16.4. The van der Waals surface area contributed by atoms with Crippen molar-refractivity contribution in [2.24, 2.45) is 0 Å². The summed E-state index contributed by atoms with van der Waals surface area (Å²) in [6, 6.07) is 21.2. The maximum Gasteiger partial charge on any atom is 0.247 e. The van der Waals surface area contributed by atoms with E-state index in [9.17, 15) is 5.11 Å². The number of aliphatic hydroxyl groups is 1. The smallest absolute Gasteiger partial charge is 0.247 e. The number of aliphatic hydroxyl groups excluding tert-OH is 1. The van der Waals surface area contributed by atoms with Gasteiger partial charge >= 0.3 is 0 Å². The third-order valence-electron chi connectivity index (χ3n) is 4.91. The highest BCUT2D eigenvalue weighted by Gasteiger charge is 2.25. The summed E-state index contributed by atoms with van der Waals surface area (Å²) >= 11 is 0. The minimum absolute atomic E-state index is 0.341. The van der Waals surface area contributed by atoms with E-state index in [1.54, 1.807) is 6.92 Å². The van der Waals surface area contributed by atoms with Crippen LogP contribution < -0.4 is 0 Å². The molecule has 5 nitrogen and oxygen atoms in total. The van der Waals surface area contributed by atoms with Crippen molar-refractivity contribution in [3.05, 3.63) is 89.6 Å². The van der Waals surface area contributed by atoms with Gasteiger partial charge in [0.05, 0.1) is 18.6 Å². The number of nitrogens with zero attached hydrogens (tertiary/aromatic N) is 3. The van der Waals surface area contributed by atoms with Gasteiger partial charge in [-0.05, 0) is 41.8 Å².